The highest BCUT2D eigenvalue weighted by molar-refractivity contribution is 5.33. The molecule has 17 heavy (non-hydrogen) atoms. The van der Waals surface area contributed by atoms with E-state index in [0.717, 1.165) is 12.8 Å². The minimum atomic E-state index is -0.191. The van der Waals surface area contributed by atoms with E-state index in [1.165, 1.54) is 0 Å². The fourth-order valence-electron chi connectivity index (χ4n) is 1.42. The molecule has 0 aliphatic heterocycles. The Morgan fingerprint density at radius 2 is 2.00 bits per heavy atom. The molecule has 0 aliphatic rings. The molecule has 5 nitrogen and oxygen atoms in total. The van der Waals surface area contributed by atoms with Crippen LogP contribution in [0.4, 0.5) is 5.82 Å². The van der Waals surface area contributed by atoms with Gasteiger partial charge in [-0.05, 0) is 19.8 Å². The van der Waals surface area contributed by atoms with Crippen molar-refractivity contribution < 1.29 is 4.74 Å². The lowest BCUT2D eigenvalue weighted by molar-refractivity contribution is 0.325. The van der Waals surface area contributed by atoms with Crippen LogP contribution in [0.3, 0.4) is 0 Å². The molecule has 1 heterocycles. The number of rotatable bonds is 7. The Bertz CT molecular complexity index is 339. The van der Waals surface area contributed by atoms with Crippen molar-refractivity contribution in [2.24, 2.45) is 5.73 Å². The molecule has 0 saturated heterocycles. The van der Waals surface area contributed by atoms with Gasteiger partial charge in [-0.1, -0.05) is 13.8 Å². The van der Waals surface area contributed by atoms with Gasteiger partial charge in [-0.2, -0.15) is 4.98 Å². The van der Waals surface area contributed by atoms with Crippen molar-refractivity contribution in [2.45, 2.75) is 39.2 Å². The molecule has 96 valence electrons. The Labute approximate surface area is 103 Å². The highest BCUT2D eigenvalue weighted by Crippen LogP contribution is 2.14. The normalized spacial score (nSPS) is 11.3. The third-order valence-electron chi connectivity index (χ3n) is 2.93. The molecule has 1 aromatic heterocycles. The van der Waals surface area contributed by atoms with Crippen molar-refractivity contribution >= 4 is 5.82 Å². The van der Waals surface area contributed by atoms with Gasteiger partial charge in [0, 0.05) is 12.1 Å². The van der Waals surface area contributed by atoms with Crippen LogP contribution in [0.1, 0.15) is 33.6 Å². The fraction of sp³-hybridized carbons (Fsp3) is 0.667. The zero-order valence-electron chi connectivity index (χ0n) is 10.9. The van der Waals surface area contributed by atoms with Gasteiger partial charge in [0.15, 0.2) is 0 Å². The van der Waals surface area contributed by atoms with E-state index in [2.05, 4.69) is 29.1 Å². The molecular weight excluding hydrogens is 216 g/mol. The lowest BCUT2D eigenvalue weighted by Crippen LogP contribution is -2.45. The van der Waals surface area contributed by atoms with Gasteiger partial charge < -0.3 is 15.8 Å². The third kappa shape index (κ3) is 4.19. The van der Waals surface area contributed by atoms with Gasteiger partial charge >= 0.3 is 0 Å². The van der Waals surface area contributed by atoms with Crippen LogP contribution in [0, 0.1) is 0 Å². The van der Waals surface area contributed by atoms with Crippen LogP contribution in [0.15, 0.2) is 12.4 Å². The maximum absolute atomic E-state index is 6.20. The van der Waals surface area contributed by atoms with E-state index in [0.29, 0.717) is 24.8 Å². The minimum Gasteiger partial charge on any atom is -0.477 e. The number of anilines is 1. The molecule has 1 aromatic rings. The molecule has 0 spiro atoms. The van der Waals surface area contributed by atoms with Crippen LogP contribution in [-0.4, -0.2) is 28.7 Å². The summed E-state index contributed by atoms with van der Waals surface area (Å²) in [4.78, 5) is 8.35. The largest absolute Gasteiger partial charge is 0.477 e. The predicted octanol–water partition coefficient (Wildman–Crippen LogP) is 1.80. The Morgan fingerprint density at radius 1 is 1.29 bits per heavy atom. The van der Waals surface area contributed by atoms with Crippen molar-refractivity contribution in [1.82, 2.24) is 9.97 Å². The summed E-state index contributed by atoms with van der Waals surface area (Å²) < 4.78 is 5.29. The van der Waals surface area contributed by atoms with Gasteiger partial charge in [-0.15, -0.1) is 0 Å². The van der Waals surface area contributed by atoms with Crippen molar-refractivity contribution in [3.8, 4) is 5.88 Å². The summed E-state index contributed by atoms with van der Waals surface area (Å²) >= 11 is 0. The molecule has 0 radical (unpaired) electrons. The van der Waals surface area contributed by atoms with E-state index >= 15 is 0 Å². The Kier molecular flexibility index (Phi) is 5.15. The number of hydrogen-bond acceptors (Lipinski definition) is 5. The number of ether oxygens (including phenoxy) is 1. The van der Waals surface area contributed by atoms with Crippen molar-refractivity contribution in [2.75, 3.05) is 18.5 Å². The first-order valence-corrected chi connectivity index (χ1v) is 6.11. The number of hydrogen-bond donors (Lipinski definition) is 2. The lowest BCUT2D eigenvalue weighted by atomic mass is 9.94. The maximum Gasteiger partial charge on any atom is 0.234 e. The van der Waals surface area contributed by atoms with Gasteiger partial charge in [-0.3, -0.25) is 4.98 Å². The zero-order chi connectivity index (χ0) is 12.7. The van der Waals surface area contributed by atoms with E-state index < -0.39 is 0 Å². The van der Waals surface area contributed by atoms with Crippen molar-refractivity contribution in [1.29, 1.82) is 0 Å². The first-order valence-electron chi connectivity index (χ1n) is 6.11. The van der Waals surface area contributed by atoms with Gasteiger partial charge in [0.1, 0.15) is 5.82 Å². The number of nitrogens with two attached hydrogens (primary N) is 1. The van der Waals surface area contributed by atoms with Gasteiger partial charge in [0.05, 0.1) is 19.0 Å². The molecule has 0 aliphatic carbocycles. The van der Waals surface area contributed by atoms with E-state index in [9.17, 15) is 0 Å². The molecule has 0 atom stereocenters. The molecule has 0 bridgehead atoms. The second-order valence-electron chi connectivity index (χ2n) is 4.10. The van der Waals surface area contributed by atoms with Gasteiger partial charge in [-0.25, -0.2) is 0 Å². The SMILES string of the molecule is CCOc1cncc(NCC(N)(CC)CC)n1. The fourth-order valence-corrected chi connectivity index (χ4v) is 1.42. The summed E-state index contributed by atoms with van der Waals surface area (Å²) in [7, 11) is 0. The van der Waals surface area contributed by atoms with Crippen LogP contribution in [0.2, 0.25) is 0 Å². The second-order valence-corrected chi connectivity index (χ2v) is 4.10. The quantitative estimate of drug-likeness (QED) is 0.758. The third-order valence-corrected chi connectivity index (χ3v) is 2.93. The van der Waals surface area contributed by atoms with Gasteiger partial charge in [0.25, 0.3) is 0 Å². The Balaban J connectivity index is 2.59. The predicted molar refractivity (Wildman–Crippen MR) is 69.2 cm³/mol. The van der Waals surface area contributed by atoms with Gasteiger partial charge in [0.2, 0.25) is 5.88 Å². The van der Waals surface area contributed by atoms with Crippen molar-refractivity contribution in [3.63, 3.8) is 0 Å². The summed E-state index contributed by atoms with van der Waals surface area (Å²) in [6.07, 6.45) is 5.13. The van der Waals surface area contributed by atoms with Crippen LogP contribution in [-0.2, 0) is 0 Å². The Morgan fingerprint density at radius 3 is 2.59 bits per heavy atom. The molecule has 0 fully saturated rings. The summed E-state index contributed by atoms with van der Waals surface area (Å²) in [5, 5.41) is 3.21. The maximum atomic E-state index is 6.20. The lowest BCUT2D eigenvalue weighted by Gasteiger charge is -2.27. The van der Waals surface area contributed by atoms with E-state index in [1.807, 2.05) is 6.92 Å². The summed E-state index contributed by atoms with van der Waals surface area (Å²) in [5.74, 6) is 1.24. The van der Waals surface area contributed by atoms with Crippen LogP contribution < -0.4 is 15.8 Å². The molecule has 0 amide bonds. The highest BCUT2D eigenvalue weighted by Gasteiger charge is 2.19. The highest BCUT2D eigenvalue weighted by atomic mass is 16.5. The molecule has 0 unspecified atom stereocenters. The van der Waals surface area contributed by atoms with Crippen LogP contribution in [0.5, 0.6) is 5.88 Å². The molecule has 1 rings (SSSR count). The average molecular weight is 238 g/mol. The second kappa shape index (κ2) is 6.39. The molecule has 3 N–H and O–H groups in total. The first kappa shape index (κ1) is 13.7. The minimum absolute atomic E-state index is 0.191. The molecule has 0 saturated carbocycles. The topological polar surface area (TPSA) is 73.1 Å². The van der Waals surface area contributed by atoms with E-state index in [-0.39, 0.29) is 5.54 Å². The molecule has 0 aromatic carbocycles. The number of nitrogens with zero attached hydrogens (tertiary/aromatic N) is 2. The zero-order valence-corrected chi connectivity index (χ0v) is 10.9. The Hall–Kier alpha value is -1.36. The summed E-state index contributed by atoms with van der Waals surface area (Å²) in [6, 6.07) is 0. The van der Waals surface area contributed by atoms with Crippen molar-refractivity contribution in [3.05, 3.63) is 12.4 Å². The molecule has 5 heteroatoms. The van der Waals surface area contributed by atoms with E-state index in [1.54, 1.807) is 12.4 Å². The molecular formula is C12H22N4O. The summed E-state index contributed by atoms with van der Waals surface area (Å²) in [6.45, 7) is 7.37. The summed E-state index contributed by atoms with van der Waals surface area (Å²) in [5.41, 5.74) is 6.01. The average Bonchev–Trinajstić information content (AvgIpc) is 2.37. The van der Waals surface area contributed by atoms with Crippen LogP contribution in [0.25, 0.3) is 0 Å². The monoisotopic (exact) mass is 238 g/mol. The number of aromatic nitrogens is 2. The first-order chi connectivity index (χ1) is 8.13. The smallest absolute Gasteiger partial charge is 0.234 e. The standard InChI is InChI=1S/C12H22N4O/c1-4-12(13,5-2)9-15-10-7-14-8-11(16-10)17-6-3/h7-8H,4-6,9,13H2,1-3H3,(H,15,16). The van der Waals surface area contributed by atoms with Crippen LogP contribution >= 0.6 is 0 Å². The number of nitrogens with one attached hydrogen (secondary N) is 1. The van der Waals surface area contributed by atoms with E-state index in [4.69, 9.17) is 10.5 Å².